The summed E-state index contributed by atoms with van der Waals surface area (Å²) in [6.45, 7) is 4.13. The highest BCUT2D eigenvalue weighted by molar-refractivity contribution is 5.80. The van der Waals surface area contributed by atoms with Gasteiger partial charge in [-0.25, -0.2) is 4.99 Å². The molecule has 0 spiro atoms. The highest BCUT2D eigenvalue weighted by atomic mass is 14.8. The minimum Gasteiger partial charge on any atom is -0.387 e. The minimum atomic E-state index is 0.701. The molecule has 0 amide bonds. The van der Waals surface area contributed by atoms with Crippen LogP contribution in [0.25, 0.3) is 0 Å². The zero-order valence-electron chi connectivity index (χ0n) is 6.80. The monoisotopic (exact) mass is 140 g/mol. The van der Waals surface area contributed by atoms with Crippen LogP contribution in [-0.2, 0) is 0 Å². The van der Waals surface area contributed by atoms with Crippen LogP contribution >= 0.6 is 0 Å². The Labute approximate surface area is 62.8 Å². The molecule has 2 heteroatoms. The quantitative estimate of drug-likeness (QED) is 0.471. The highest BCUT2D eigenvalue weighted by Crippen LogP contribution is 1.88. The molecule has 0 unspecified atom stereocenters. The number of amidine groups is 1. The molecular weight excluding hydrogens is 124 g/mol. The second kappa shape index (κ2) is 6.33. The van der Waals surface area contributed by atoms with Crippen LogP contribution in [0.2, 0.25) is 0 Å². The first-order valence-electron chi connectivity index (χ1n) is 3.78. The Balaban J connectivity index is 3.49. The lowest BCUT2D eigenvalue weighted by Gasteiger charge is -1.88. The SMILES string of the molecule is CCC/C=C\N=C(N)CC. The van der Waals surface area contributed by atoms with E-state index in [1.54, 1.807) is 6.20 Å². The van der Waals surface area contributed by atoms with Crippen LogP contribution in [0.1, 0.15) is 33.1 Å². The van der Waals surface area contributed by atoms with Gasteiger partial charge >= 0.3 is 0 Å². The van der Waals surface area contributed by atoms with Gasteiger partial charge in [0, 0.05) is 12.6 Å². The van der Waals surface area contributed by atoms with Crippen molar-refractivity contribution in [3.63, 3.8) is 0 Å². The van der Waals surface area contributed by atoms with Crippen LogP contribution in [0, 0.1) is 0 Å². The standard InChI is InChI=1S/C8H16N2/c1-3-5-6-7-10-8(9)4-2/h6-7H,3-5H2,1-2H3,(H2,9,10)/b7-6-. The third kappa shape index (κ3) is 5.35. The van der Waals surface area contributed by atoms with Gasteiger partial charge in [0.25, 0.3) is 0 Å². The molecular formula is C8H16N2. The molecule has 0 aliphatic heterocycles. The van der Waals surface area contributed by atoms with Crippen LogP contribution < -0.4 is 5.73 Å². The molecule has 2 N–H and O–H groups in total. The second-order valence-corrected chi connectivity index (χ2v) is 2.15. The topological polar surface area (TPSA) is 38.4 Å². The number of nitrogens with zero attached hydrogens (tertiary/aromatic N) is 1. The van der Waals surface area contributed by atoms with Crippen molar-refractivity contribution in [2.24, 2.45) is 10.7 Å². The van der Waals surface area contributed by atoms with Gasteiger partial charge in [-0.15, -0.1) is 0 Å². The van der Waals surface area contributed by atoms with E-state index in [1.165, 1.54) is 0 Å². The van der Waals surface area contributed by atoms with E-state index in [9.17, 15) is 0 Å². The van der Waals surface area contributed by atoms with E-state index >= 15 is 0 Å². The Hall–Kier alpha value is -0.790. The van der Waals surface area contributed by atoms with E-state index < -0.39 is 0 Å². The van der Waals surface area contributed by atoms with Crippen LogP contribution in [0.5, 0.6) is 0 Å². The first kappa shape index (κ1) is 9.21. The summed E-state index contributed by atoms with van der Waals surface area (Å²) in [5, 5.41) is 0. The van der Waals surface area contributed by atoms with Crippen molar-refractivity contribution in [2.75, 3.05) is 0 Å². The normalized spacial score (nSPS) is 12.8. The number of nitrogens with two attached hydrogens (primary N) is 1. The van der Waals surface area contributed by atoms with Gasteiger partial charge in [0.15, 0.2) is 0 Å². The summed E-state index contributed by atoms with van der Waals surface area (Å²) in [7, 11) is 0. The third-order valence-electron chi connectivity index (χ3n) is 1.16. The molecule has 58 valence electrons. The maximum atomic E-state index is 5.45. The van der Waals surface area contributed by atoms with Gasteiger partial charge in [0.05, 0.1) is 5.84 Å². The van der Waals surface area contributed by atoms with Crippen molar-refractivity contribution in [1.29, 1.82) is 0 Å². The van der Waals surface area contributed by atoms with Crippen LogP contribution in [-0.4, -0.2) is 5.84 Å². The van der Waals surface area contributed by atoms with E-state index in [0.29, 0.717) is 5.84 Å². The number of hydrogen-bond acceptors (Lipinski definition) is 1. The molecule has 0 aliphatic rings. The molecule has 0 aromatic heterocycles. The zero-order chi connectivity index (χ0) is 7.82. The van der Waals surface area contributed by atoms with Gasteiger partial charge in [-0.1, -0.05) is 26.3 Å². The maximum absolute atomic E-state index is 5.45. The first-order chi connectivity index (χ1) is 4.81. The van der Waals surface area contributed by atoms with Gasteiger partial charge in [-0.2, -0.15) is 0 Å². The van der Waals surface area contributed by atoms with Crippen molar-refractivity contribution in [2.45, 2.75) is 33.1 Å². The Kier molecular flexibility index (Phi) is 5.83. The van der Waals surface area contributed by atoms with Gasteiger partial charge in [-0.3, -0.25) is 0 Å². The average Bonchev–Trinajstić information content (AvgIpc) is 1.98. The first-order valence-corrected chi connectivity index (χ1v) is 3.78. The second-order valence-electron chi connectivity index (χ2n) is 2.15. The predicted octanol–water partition coefficient (Wildman–Crippen LogP) is 2.07. The minimum absolute atomic E-state index is 0.701. The number of aliphatic imine (C=N–C) groups is 1. The van der Waals surface area contributed by atoms with Crippen molar-refractivity contribution in [3.05, 3.63) is 12.3 Å². The van der Waals surface area contributed by atoms with E-state index in [0.717, 1.165) is 19.3 Å². The molecule has 0 bridgehead atoms. The Morgan fingerprint density at radius 2 is 2.20 bits per heavy atom. The van der Waals surface area contributed by atoms with E-state index in [1.807, 2.05) is 13.0 Å². The van der Waals surface area contributed by atoms with Crippen molar-refractivity contribution < 1.29 is 0 Å². The zero-order valence-corrected chi connectivity index (χ0v) is 6.80. The van der Waals surface area contributed by atoms with E-state index in [2.05, 4.69) is 11.9 Å². The van der Waals surface area contributed by atoms with Crippen molar-refractivity contribution in [1.82, 2.24) is 0 Å². The molecule has 0 saturated heterocycles. The smallest absolute Gasteiger partial charge is 0.0986 e. The molecule has 0 heterocycles. The molecule has 0 atom stereocenters. The number of allylic oxidation sites excluding steroid dienone is 1. The summed E-state index contributed by atoms with van der Waals surface area (Å²) >= 11 is 0. The summed E-state index contributed by atoms with van der Waals surface area (Å²) < 4.78 is 0. The molecule has 0 radical (unpaired) electrons. The molecule has 10 heavy (non-hydrogen) atoms. The Bertz CT molecular complexity index is 125. The number of hydrogen-bond donors (Lipinski definition) is 1. The molecule has 0 saturated carbocycles. The Morgan fingerprint density at radius 3 is 2.70 bits per heavy atom. The van der Waals surface area contributed by atoms with E-state index in [4.69, 9.17) is 5.73 Å². The van der Waals surface area contributed by atoms with Gasteiger partial charge in [0.1, 0.15) is 0 Å². The summed E-state index contributed by atoms with van der Waals surface area (Å²) in [4.78, 5) is 3.99. The summed E-state index contributed by atoms with van der Waals surface area (Å²) in [6, 6.07) is 0. The predicted molar refractivity (Wildman–Crippen MR) is 46.0 cm³/mol. The summed E-state index contributed by atoms with van der Waals surface area (Å²) in [5.74, 6) is 0.701. The molecule has 0 aromatic rings. The molecule has 0 rings (SSSR count). The van der Waals surface area contributed by atoms with Crippen LogP contribution in [0.4, 0.5) is 0 Å². The molecule has 0 fully saturated rings. The number of unbranched alkanes of at least 4 members (excludes halogenated alkanes) is 1. The van der Waals surface area contributed by atoms with Gasteiger partial charge in [-0.05, 0) is 6.42 Å². The van der Waals surface area contributed by atoms with Gasteiger partial charge in [0.2, 0.25) is 0 Å². The van der Waals surface area contributed by atoms with Gasteiger partial charge < -0.3 is 5.73 Å². The number of rotatable bonds is 4. The average molecular weight is 140 g/mol. The lowest BCUT2D eigenvalue weighted by atomic mass is 10.3. The fraction of sp³-hybridized carbons (Fsp3) is 0.625. The van der Waals surface area contributed by atoms with E-state index in [-0.39, 0.29) is 0 Å². The fourth-order valence-electron chi connectivity index (χ4n) is 0.481. The maximum Gasteiger partial charge on any atom is 0.0986 e. The molecule has 0 aromatic carbocycles. The van der Waals surface area contributed by atoms with Crippen LogP contribution in [0.15, 0.2) is 17.3 Å². The lowest BCUT2D eigenvalue weighted by molar-refractivity contribution is 0.955. The third-order valence-corrected chi connectivity index (χ3v) is 1.16. The lowest BCUT2D eigenvalue weighted by Crippen LogP contribution is -2.08. The Morgan fingerprint density at radius 1 is 1.50 bits per heavy atom. The highest BCUT2D eigenvalue weighted by Gasteiger charge is 1.79. The van der Waals surface area contributed by atoms with Crippen molar-refractivity contribution >= 4 is 5.84 Å². The van der Waals surface area contributed by atoms with Crippen LogP contribution in [0.3, 0.4) is 0 Å². The molecule has 0 aliphatic carbocycles. The van der Waals surface area contributed by atoms with Crippen molar-refractivity contribution in [3.8, 4) is 0 Å². The summed E-state index contributed by atoms with van der Waals surface area (Å²) in [5.41, 5.74) is 5.45. The fourth-order valence-corrected chi connectivity index (χ4v) is 0.481. The molecule has 2 nitrogen and oxygen atoms in total. The largest absolute Gasteiger partial charge is 0.387 e. The summed E-state index contributed by atoms with van der Waals surface area (Å²) in [6.07, 6.45) is 6.89.